The molecule has 0 aromatic carbocycles. The summed E-state index contributed by atoms with van der Waals surface area (Å²) in [5.74, 6) is 0.755. The highest BCUT2D eigenvalue weighted by Crippen LogP contribution is 2.13. The van der Waals surface area contributed by atoms with Crippen LogP contribution in [0.5, 0.6) is 0 Å². The number of hydrogen-bond acceptors (Lipinski definition) is 4. The molecule has 0 spiro atoms. The van der Waals surface area contributed by atoms with Crippen molar-refractivity contribution in [3.63, 3.8) is 0 Å². The molecule has 2 saturated heterocycles. The molecule has 0 aromatic heterocycles. The maximum atomic E-state index is 9.83. The molecule has 2 rings (SSSR count). The van der Waals surface area contributed by atoms with E-state index in [2.05, 4.69) is 29.0 Å². The molecule has 2 unspecified atom stereocenters. The third kappa shape index (κ3) is 2.94. The van der Waals surface area contributed by atoms with E-state index in [4.69, 9.17) is 0 Å². The molecule has 2 aliphatic heterocycles. The highest BCUT2D eigenvalue weighted by molar-refractivity contribution is 4.90. The second kappa shape index (κ2) is 5.45. The first-order valence-corrected chi connectivity index (χ1v) is 6.52. The highest BCUT2D eigenvalue weighted by Gasteiger charge is 2.32. The molecule has 2 atom stereocenters. The molecule has 0 saturated carbocycles. The van der Waals surface area contributed by atoms with Crippen LogP contribution < -0.4 is 5.32 Å². The van der Waals surface area contributed by atoms with Gasteiger partial charge in [-0.15, -0.1) is 0 Å². The second-order valence-electron chi connectivity index (χ2n) is 5.52. The summed E-state index contributed by atoms with van der Waals surface area (Å²) in [6.07, 6.45) is -0.170. The van der Waals surface area contributed by atoms with Gasteiger partial charge < -0.3 is 15.3 Å². The summed E-state index contributed by atoms with van der Waals surface area (Å²) in [6.45, 7) is 12.0. The third-order valence-electron chi connectivity index (χ3n) is 3.65. The van der Waals surface area contributed by atoms with Gasteiger partial charge in [0.2, 0.25) is 0 Å². The van der Waals surface area contributed by atoms with Crippen LogP contribution in [0, 0.1) is 5.92 Å². The Morgan fingerprint density at radius 3 is 2.38 bits per heavy atom. The SMILES string of the molecule is CC(C)CN1CCN(C2CNCC2O)CC1. The summed E-state index contributed by atoms with van der Waals surface area (Å²) in [6, 6.07) is 0.348. The molecule has 0 aliphatic carbocycles. The summed E-state index contributed by atoms with van der Waals surface area (Å²) in [5, 5.41) is 13.1. The molecule has 0 radical (unpaired) electrons. The molecule has 2 aliphatic rings. The molecule has 2 heterocycles. The Hall–Kier alpha value is -0.160. The first kappa shape index (κ1) is 12.3. The molecule has 0 bridgehead atoms. The minimum Gasteiger partial charge on any atom is -0.390 e. The maximum Gasteiger partial charge on any atom is 0.0831 e. The number of rotatable bonds is 3. The molecule has 0 aromatic rings. The summed E-state index contributed by atoms with van der Waals surface area (Å²) in [7, 11) is 0. The van der Waals surface area contributed by atoms with Gasteiger partial charge in [-0.05, 0) is 5.92 Å². The van der Waals surface area contributed by atoms with Crippen molar-refractivity contribution >= 4 is 0 Å². The van der Waals surface area contributed by atoms with Gasteiger partial charge in [0.1, 0.15) is 0 Å². The van der Waals surface area contributed by atoms with E-state index in [1.807, 2.05) is 0 Å². The Bertz CT molecular complexity index is 214. The van der Waals surface area contributed by atoms with Crippen molar-refractivity contribution in [3.8, 4) is 0 Å². The number of nitrogens with zero attached hydrogens (tertiary/aromatic N) is 2. The number of piperazine rings is 1. The summed E-state index contributed by atoms with van der Waals surface area (Å²) >= 11 is 0. The molecule has 4 nitrogen and oxygen atoms in total. The first-order valence-electron chi connectivity index (χ1n) is 6.52. The zero-order valence-electron chi connectivity index (χ0n) is 10.5. The standard InChI is InChI=1S/C12H25N3O/c1-10(2)9-14-3-5-15(6-4-14)11-7-13-8-12(11)16/h10-13,16H,3-9H2,1-2H3. The first-order chi connectivity index (χ1) is 7.66. The molecule has 4 heteroatoms. The lowest BCUT2D eigenvalue weighted by atomic mass is 10.1. The average molecular weight is 227 g/mol. The van der Waals surface area contributed by atoms with Gasteiger partial charge in [0.15, 0.2) is 0 Å². The van der Waals surface area contributed by atoms with E-state index >= 15 is 0 Å². The molecule has 94 valence electrons. The minimum absolute atomic E-state index is 0.170. The van der Waals surface area contributed by atoms with Gasteiger partial charge in [0, 0.05) is 51.9 Å². The summed E-state index contributed by atoms with van der Waals surface area (Å²) in [4.78, 5) is 4.98. The van der Waals surface area contributed by atoms with E-state index in [-0.39, 0.29) is 6.10 Å². The van der Waals surface area contributed by atoms with E-state index in [0.29, 0.717) is 6.04 Å². The molecular weight excluding hydrogens is 202 g/mol. The number of aliphatic hydroxyl groups is 1. The fourth-order valence-electron chi connectivity index (χ4n) is 2.82. The lowest BCUT2D eigenvalue weighted by Crippen LogP contribution is -2.54. The summed E-state index contributed by atoms with van der Waals surface area (Å²) in [5.41, 5.74) is 0. The van der Waals surface area contributed by atoms with Gasteiger partial charge in [-0.3, -0.25) is 4.90 Å². The van der Waals surface area contributed by atoms with Gasteiger partial charge in [0.25, 0.3) is 0 Å². The number of nitrogens with one attached hydrogen (secondary N) is 1. The van der Waals surface area contributed by atoms with Crippen LogP contribution in [-0.2, 0) is 0 Å². The van der Waals surface area contributed by atoms with Crippen molar-refractivity contribution in [1.29, 1.82) is 0 Å². The number of β-amino-alcohol motifs (C(OH)–C–C–N with tert-alkyl or cyclic N) is 1. The lowest BCUT2D eigenvalue weighted by Gasteiger charge is -2.39. The van der Waals surface area contributed by atoms with Gasteiger partial charge in [-0.2, -0.15) is 0 Å². The second-order valence-corrected chi connectivity index (χ2v) is 5.52. The Kier molecular flexibility index (Phi) is 4.19. The normalized spacial score (nSPS) is 33.8. The zero-order valence-corrected chi connectivity index (χ0v) is 10.5. The fraction of sp³-hybridized carbons (Fsp3) is 1.00. The van der Waals surface area contributed by atoms with Crippen LogP contribution in [0.2, 0.25) is 0 Å². The Labute approximate surface area is 98.6 Å². The molecule has 2 fully saturated rings. The quantitative estimate of drug-likeness (QED) is 0.688. The van der Waals surface area contributed by atoms with E-state index in [0.717, 1.165) is 45.2 Å². The van der Waals surface area contributed by atoms with Gasteiger partial charge >= 0.3 is 0 Å². The maximum absolute atomic E-state index is 9.83. The Balaban J connectivity index is 1.76. The molecular formula is C12H25N3O. The predicted molar refractivity (Wildman–Crippen MR) is 65.5 cm³/mol. The van der Waals surface area contributed by atoms with E-state index < -0.39 is 0 Å². The number of hydrogen-bond donors (Lipinski definition) is 2. The van der Waals surface area contributed by atoms with E-state index in [1.54, 1.807) is 0 Å². The Morgan fingerprint density at radius 2 is 1.88 bits per heavy atom. The van der Waals surface area contributed by atoms with Crippen LogP contribution in [0.15, 0.2) is 0 Å². The van der Waals surface area contributed by atoms with E-state index in [1.165, 1.54) is 6.54 Å². The van der Waals surface area contributed by atoms with Crippen LogP contribution in [0.25, 0.3) is 0 Å². The van der Waals surface area contributed by atoms with Crippen LogP contribution in [0.4, 0.5) is 0 Å². The third-order valence-corrected chi connectivity index (χ3v) is 3.65. The predicted octanol–water partition coefficient (Wildman–Crippen LogP) is -0.407. The fourth-order valence-corrected chi connectivity index (χ4v) is 2.82. The molecule has 2 N–H and O–H groups in total. The van der Waals surface area contributed by atoms with Gasteiger partial charge in [-0.25, -0.2) is 0 Å². The van der Waals surface area contributed by atoms with Crippen molar-refractivity contribution in [2.75, 3.05) is 45.8 Å². The zero-order chi connectivity index (χ0) is 11.5. The minimum atomic E-state index is -0.170. The van der Waals surface area contributed by atoms with Crippen molar-refractivity contribution in [1.82, 2.24) is 15.1 Å². The van der Waals surface area contributed by atoms with Crippen molar-refractivity contribution in [2.24, 2.45) is 5.92 Å². The van der Waals surface area contributed by atoms with Crippen molar-refractivity contribution in [3.05, 3.63) is 0 Å². The number of aliphatic hydroxyl groups excluding tert-OH is 1. The van der Waals surface area contributed by atoms with Crippen LogP contribution >= 0.6 is 0 Å². The summed E-state index contributed by atoms with van der Waals surface area (Å²) < 4.78 is 0. The van der Waals surface area contributed by atoms with Gasteiger partial charge in [-0.1, -0.05) is 13.8 Å². The monoisotopic (exact) mass is 227 g/mol. The van der Waals surface area contributed by atoms with Crippen LogP contribution in [0.3, 0.4) is 0 Å². The highest BCUT2D eigenvalue weighted by atomic mass is 16.3. The lowest BCUT2D eigenvalue weighted by molar-refractivity contribution is 0.0415. The average Bonchev–Trinajstić information content (AvgIpc) is 2.65. The van der Waals surface area contributed by atoms with Crippen molar-refractivity contribution in [2.45, 2.75) is 26.0 Å². The largest absolute Gasteiger partial charge is 0.390 e. The smallest absolute Gasteiger partial charge is 0.0831 e. The van der Waals surface area contributed by atoms with Crippen LogP contribution in [-0.4, -0.2) is 72.9 Å². The Morgan fingerprint density at radius 1 is 1.19 bits per heavy atom. The van der Waals surface area contributed by atoms with Gasteiger partial charge in [0.05, 0.1) is 6.10 Å². The van der Waals surface area contributed by atoms with Crippen molar-refractivity contribution < 1.29 is 5.11 Å². The molecule has 16 heavy (non-hydrogen) atoms. The van der Waals surface area contributed by atoms with E-state index in [9.17, 15) is 5.11 Å². The molecule has 0 amide bonds. The topological polar surface area (TPSA) is 38.7 Å². The van der Waals surface area contributed by atoms with Crippen LogP contribution in [0.1, 0.15) is 13.8 Å².